The van der Waals surface area contributed by atoms with Crippen molar-refractivity contribution in [1.29, 1.82) is 0 Å². The number of carboxylic acid groups (broad SMARTS) is 2. The lowest BCUT2D eigenvalue weighted by Crippen LogP contribution is -2.33. The predicted octanol–water partition coefficient (Wildman–Crippen LogP) is 3.71. The molecule has 0 spiro atoms. The Hall–Kier alpha value is 0.160. The number of halogens is 6. The molecule has 2 unspecified atom stereocenters. The number of hydrogen-bond acceptors (Lipinski definition) is 2. The van der Waals surface area contributed by atoms with Crippen molar-refractivity contribution >= 4 is 81.5 Å². The van der Waals surface area contributed by atoms with Gasteiger partial charge in [-0.2, -0.15) is 0 Å². The molecule has 2 aliphatic carbocycles. The molecule has 104 valence electrons. The third-order valence-electron chi connectivity index (χ3n) is 3.32. The smallest absolute Gasteiger partial charge is 0.319 e. The normalized spacial score (nSPS) is 36.1. The van der Waals surface area contributed by atoms with Crippen LogP contribution in [0.4, 0.5) is 0 Å². The Balaban J connectivity index is 2.95. The average molecular weight is 387 g/mol. The van der Waals surface area contributed by atoms with Crippen molar-refractivity contribution in [2.24, 2.45) is 10.8 Å². The van der Waals surface area contributed by atoms with Crippen molar-refractivity contribution < 1.29 is 19.8 Å². The van der Waals surface area contributed by atoms with Gasteiger partial charge in [-0.3, -0.25) is 9.59 Å². The number of fused-ring (bicyclic) bond motifs is 1. The van der Waals surface area contributed by atoms with Gasteiger partial charge in [0.15, 0.2) is 15.2 Å². The third-order valence-corrected chi connectivity index (χ3v) is 6.45. The summed E-state index contributed by atoms with van der Waals surface area (Å²) in [5.41, 5.74) is -4.74. The molecule has 0 amide bonds. The van der Waals surface area contributed by atoms with Crippen molar-refractivity contribution in [2.75, 3.05) is 0 Å². The number of aliphatic carboxylic acids is 2. The predicted molar refractivity (Wildman–Crippen MR) is 72.0 cm³/mol. The van der Waals surface area contributed by atoms with Gasteiger partial charge in [0.05, 0.1) is 20.1 Å². The van der Waals surface area contributed by atoms with E-state index in [-0.39, 0.29) is 0 Å². The highest BCUT2D eigenvalue weighted by atomic mass is 35.5. The molecule has 1 fully saturated rings. The summed E-state index contributed by atoms with van der Waals surface area (Å²) >= 11 is 35.0. The largest absolute Gasteiger partial charge is 0.480 e. The molecule has 2 atom stereocenters. The molecule has 0 aromatic heterocycles. The minimum atomic E-state index is -2.37. The van der Waals surface area contributed by atoms with Crippen LogP contribution >= 0.6 is 69.6 Å². The highest BCUT2D eigenvalue weighted by Crippen LogP contribution is 2.87. The van der Waals surface area contributed by atoms with Gasteiger partial charge in [-0.1, -0.05) is 69.6 Å². The summed E-state index contributed by atoms with van der Waals surface area (Å²) < 4.78 is -2.32. The van der Waals surface area contributed by atoms with Gasteiger partial charge in [-0.25, -0.2) is 0 Å². The number of hydrogen-bond donors (Lipinski definition) is 2. The fraction of sp³-hybridized carbons (Fsp3) is 0.333. The maximum absolute atomic E-state index is 11.5. The quantitative estimate of drug-likeness (QED) is 0.709. The summed E-state index contributed by atoms with van der Waals surface area (Å²) in [5.74, 6) is -3.32. The van der Waals surface area contributed by atoms with Gasteiger partial charge < -0.3 is 10.2 Å². The zero-order valence-corrected chi connectivity index (χ0v) is 13.0. The summed E-state index contributed by atoms with van der Waals surface area (Å²) in [6.45, 7) is 0. The summed E-state index contributed by atoms with van der Waals surface area (Å²) in [5, 5.41) is 16.8. The van der Waals surface area contributed by atoms with E-state index in [0.717, 1.165) is 0 Å². The number of alkyl halides is 2. The molecule has 0 aliphatic heterocycles. The first-order valence-corrected chi connectivity index (χ1v) is 6.76. The molecule has 2 N–H and O–H groups in total. The van der Waals surface area contributed by atoms with Crippen LogP contribution in [0.15, 0.2) is 20.1 Å². The van der Waals surface area contributed by atoms with E-state index in [9.17, 15) is 19.8 Å². The van der Waals surface area contributed by atoms with E-state index in [0.29, 0.717) is 0 Å². The Morgan fingerprint density at radius 1 is 0.789 bits per heavy atom. The lowest BCUT2D eigenvalue weighted by Gasteiger charge is -2.23. The van der Waals surface area contributed by atoms with Crippen molar-refractivity contribution in [1.82, 2.24) is 0 Å². The summed E-state index contributed by atoms with van der Waals surface area (Å²) in [6.07, 6.45) is 0. The van der Waals surface area contributed by atoms with E-state index in [4.69, 9.17) is 69.6 Å². The minimum Gasteiger partial charge on any atom is -0.480 e. The first kappa shape index (κ1) is 15.5. The van der Waals surface area contributed by atoms with Gasteiger partial charge >= 0.3 is 11.9 Å². The summed E-state index contributed by atoms with van der Waals surface area (Å²) in [7, 11) is 0. The SMILES string of the molecule is O=C(O)C12C(Cl)=C(Cl)C(Cl)=C(Cl)C1(C(=O)O)C2(Cl)Cl. The molecule has 2 aliphatic rings. The Labute approximate surface area is 136 Å². The molecule has 0 bridgehead atoms. The molecule has 2 rings (SSSR count). The molecular formula is C9H2Cl6O4. The molecule has 0 heterocycles. The van der Waals surface area contributed by atoms with Gasteiger partial charge in [-0.15, -0.1) is 0 Å². The second-order valence-electron chi connectivity index (χ2n) is 3.94. The minimum absolute atomic E-state index is 0.393. The number of allylic oxidation sites excluding steroid dienone is 2. The molecule has 0 aromatic carbocycles. The van der Waals surface area contributed by atoms with Crippen LogP contribution in [0.1, 0.15) is 0 Å². The Morgan fingerprint density at radius 2 is 1.05 bits per heavy atom. The fourth-order valence-electron chi connectivity index (χ4n) is 2.39. The zero-order chi connectivity index (χ0) is 15.0. The molecule has 0 saturated heterocycles. The van der Waals surface area contributed by atoms with E-state index < -0.39 is 47.2 Å². The van der Waals surface area contributed by atoms with Crippen molar-refractivity contribution in [2.45, 2.75) is 4.33 Å². The van der Waals surface area contributed by atoms with Crippen molar-refractivity contribution in [3.8, 4) is 0 Å². The highest BCUT2D eigenvalue weighted by molar-refractivity contribution is 6.63. The summed E-state index contributed by atoms with van der Waals surface area (Å²) in [6, 6.07) is 0. The second-order valence-corrected chi connectivity index (χ2v) is 6.78. The van der Waals surface area contributed by atoms with Crippen LogP contribution in [-0.2, 0) is 9.59 Å². The maximum atomic E-state index is 11.5. The lowest BCUT2D eigenvalue weighted by molar-refractivity contribution is -0.150. The van der Waals surface area contributed by atoms with Crippen LogP contribution in [-0.4, -0.2) is 26.5 Å². The van der Waals surface area contributed by atoms with Crippen LogP contribution in [0.5, 0.6) is 0 Å². The topological polar surface area (TPSA) is 74.6 Å². The monoisotopic (exact) mass is 384 g/mol. The fourth-order valence-corrected chi connectivity index (χ4v) is 5.24. The van der Waals surface area contributed by atoms with Gasteiger partial charge in [0, 0.05) is 0 Å². The maximum Gasteiger partial charge on any atom is 0.319 e. The Morgan fingerprint density at radius 3 is 1.26 bits per heavy atom. The van der Waals surface area contributed by atoms with Crippen LogP contribution in [0, 0.1) is 10.8 Å². The molecule has 1 saturated carbocycles. The standard InChI is InChI=1S/C9H2Cl6O4/c10-1-2(11)4(13)8(6(18)19)7(3(1)12,5(16)17)9(8,14)15/h(H,16,17)(H,18,19). The molecule has 0 aromatic rings. The van der Waals surface area contributed by atoms with Gasteiger partial charge in [0.1, 0.15) is 0 Å². The first-order valence-electron chi connectivity index (χ1n) is 4.49. The van der Waals surface area contributed by atoms with Gasteiger partial charge in [0.2, 0.25) is 0 Å². The molecule has 19 heavy (non-hydrogen) atoms. The zero-order valence-electron chi connectivity index (χ0n) is 8.48. The van der Waals surface area contributed by atoms with E-state index in [1.807, 2.05) is 0 Å². The van der Waals surface area contributed by atoms with Gasteiger partial charge in [-0.05, 0) is 0 Å². The molecule has 10 heteroatoms. The van der Waals surface area contributed by atoms with Crippen molar-refractivity contribution in [3.05, 3.63) is 20.1 Å². The average Bonchev–Trinajstić information content (AvgIpc) is 2.78. The highest BCUT2D eigenvalue weighted by Gasteiger charge is 2.99. The Bertz CT molecular complexity index is 544. The number of rotatable bonds is 2. The number of carbonyl (C=O) groups is 2. The van der Waals surface area contributed by atoms with E-state index in [1.54, 1.807) is 0 Å². The van der Waals surface area contributed by atoms with Crippen LogP contribution in [0.25, 0.3) is 0 Å². The van der Waals surface area contributed by atoms with Crippen LogP contribution in [0.2, 0.25) is 0 Å². The molecule has 0 radical (unpaired) electrons. The van der Waals surface area contributed by atoms with Crippen LogP contribution < -0.4 is 0 Å². The van der Waals surface area contributed by atoms with Crippen LogP contribution in [0.3, 0.4) is 0 Å². The molecule has 4 nitrogen and oxygen atoms in total. The Kier molecular flexibility index (Phi) is 3.35. The molecular weight excluding hydrogens is 385 g/mol. The van der Waals surface area contributed by atoms with Gasteiger partial charge in [0.25, 0.3) is 0 Å². The van der Waals surface area contributed by atoms with Crippen molar-refractivity contribution in [3.63, 3.8) is 0 Å². The lowest BCUT2D eigenvalue weighted by atomic mass is 9.88. The van der Waals surface area contributed by atoms with E-state index in [1.165, 1.54) is 0 Å². The third kappa shape index (κ3) is 1.27. The van der Waals surface area contributed by atoms with E-state index in [2.05, 4.69) is 0 Å². The van der Waals surface area contributed by atoms with E-state index >= 15 is 0 Å². The first-order chi connectivity index (χ1) is 8.52. The number of carboxylic acids is 2. The second kappa shape index (κ2) is 4.09. The summed E-state index contributed by atoms with van der Waals surface area (Å²) in [4.78, 5) is 23.0.